The highest BCUT2D eigenvalue weighted by Gasteiger charge is 2.15. The number of hydrogen-bond acceptors (Lipinski definition) is 5. The molecule has 0 aromatic heterocycles. The van der Waals surface area contributed by atoms with Gasteiger partial charge in [-0.2, -0.15) is 0 Å². The van der Waals surface area contributed by atoms with E-state index in [1.54, 1.807) is 0 Å². The summed E-state index contributed by atoms with van der Waals surface area (Å²) in [6.07, 6.45) is 0. The van der Waals surface area contributed by atoms with Crippen molar-refractivity contribution in [1.82, 2.24) is 0 Å². The van der Waals surface area contributed by atoms with E-state index in [1.807, 2.05) is 32.9 Å². The van der Waals surface area contributed by atoms with Gasteiger partial charge in [-0.3, -0.25) is 14.9 Å². The van der Waals surface area contributed by atoms with E-state index < -0.39 is 4.92 Å². The van der Waals surface area contributed by atoms with Gasteiger partial charge in [-0.05, 0) is 49.6 Å². The molecule has 2 rings (SSSR count). The van der Waals surface area contributed by atoms with Crippen LogP contribution in [0.15, 0.2) is 30.3 Å². The van der Waals surface area contributed by atoms with Gasteiger partial charge in [0.1, 0.15) is 0 Å². The number of hydrogen-bond donors (Lipinski definition) is 0. The first kappa shape index (κ1) is 17.5. The molecule has 6 heteroatoms. The second-order valence-electron chi connectivity index (χ2n) is 5.56. The fourth-order valence-corrected chi connectivity index (χ4v) is 2.37. The Bertz CT molecular complexity index is 798. The zero-order chi connectivity index (χ0) is 17.9. The Morgan fingerprint density at radius 1 is 1.04 bits per heavy atom. The van der Waals surface area contributed by atoms with Crippen LogP contribution in [0.5, 0.6) is 11.5 Å². The number of aryl methyl sites for hydroxylation is 3. The number of nitrogens with zero attached hydrogens (tertiary/aromatic N) is 1. The number of ketones is 1. The highest BCUT2D eigenvalue weighted by Crippen LogP contribution is 2.31. The van der Waals surface area contributed by atoms with Gasteiger partial charge in [0.05, 0.1) is 18.1 Å². The Balaban J connectivity index is 2.17. The molecule has 126 valence electrons. The van der Waals surface area contributed by atoms with E-state index in [9.17, 15) is 14.9 Å². The van der Waals surface area contributed by atoms with Gasteiger partial charge in [0, 0.05) is 11.6 Å². The molecule has 2 aromatic rings. The van der Waals surface area contributed by atoms with Crippen LogP contribution in [-0.4, -0.2) is 24.4 Å². The molecule has 0 unspecified atom stereocenters. The lowest BCUT2D eigenvalue weighted by Crippen LogP contribution is -2.14. The van der Waals surface area contributed by atoms with Crippen molar-refractivity contribution in [3.05, 3.63) is 62.7 Å². The van der Waals surface area contributed by atoms with Crippen molar-refractivity contribution in [3.8, 4) is 11.5 Å². The molecule has 0 spiro atoms. The quantitative estimate of drug-likeness (QED) is 0.458. The van der Waals surface area contributed by atoms with Crippen LogP contribution in [0, 0.1) is 30.9 Å². The Hall–Kier alpha value is -2.89. The number of ether oxygens (including phenoxy) is 2. The third kappa shape index (κ3) is 3.71. The molecular weight excluding hydrogens is 310 g/mol. The molecule has 0 aliphatic heterocycles. The van der Waals surface area contributed by atoms with Crippen LogP contribution >= 0.6 is 0 Å². The Kier molecular flexibility index (Phi) is 5.18. The predicted octanol–water partition coefficient (Wildman–Crippen LogP) is 3.79. The molecule has 0 aliphatic carbocycles. The zero-order valence-electron chi connectivity index (χ0n) is 14.1. The third-order valence-electron chi connectivity index (χ3n) is 3.86. The number of Topliss-reactive ketones (excluding diaryl/α,β-unsaturated/α-hetero) is 1. The van der Waals surface area contributed by atoms with E-state index in [0.717, 1.165) is 16.7 Å². The largest absolute Gasteiger partial charge is 0.493 e. The van der Waals surface area contributed by atoms with Gasteiger partial charge in [0.15, 0.2) is 23.9 Å². The molecule has 0 heterocycles. The van der Waals surface area contributed by atoms with Gasteiger partial charge in [0.2, 0.25) is 0 Å². The van der Waals surface area contributed by atoms with Crippen molar-refractivity contribution in [3.63, 3.8) is 0 Å². The first-order valence-electron chi connectivity index (χ1n) is 7.39. The summed E-state index contributed by atoms with van der Waals surface area (Å²) in [4.78, 5) is 22.7. The van der Waals surface area contributed by atoms with E-state index >= 15 is 0 Å². The highest BCUT2D eigenvalue weighted by atomic mass is 16.6. The van der Waals surface area contributed by atoms with Gasteiger partial charge in [-0.15, -0.1) is 0 Å². The standard InChI is InChI=1S/C18H19NO5/c1-11-7-13(3)15(8-12(11)2)16(20)10-24-17-6-5-14(19(21)22)9-18(17)23-4/h5-9H,10H2,1-4H3. The maximum absolute atomic E-state index is 12.4. The average Bonchev–Trinajstić information content (AvgIpc) is 2.55. The lowest BCUT2D eigenvalue weighted by molar-refractivity contribution is -0.384. The minimum atomic E-state index is -0.518. The summed E-state index contributed by atoms with van der Waals surface area (Å²) in [5.41, 5.74) is 3.57. The maximum Gasteiger partial charge on any atom is 0.273 e. The van der Waals surface area contributed by atoms with E-state index in [4.69, 9.17) is 9.47 Å². The molecular formula is C18H19NO5. The number of rotatable bonds is 6. The van der Waals surface area contributed by atoms with Crippen LogP contribution < -0.4 is 9.47 Å². The number of carbonyl (C=O) groups excluding carboxylic acids is 1. The summed E-state index contributed by atoms with van der Waals surface area (Å²) in [5, 5.41) is 10.8. The van der Waals surface area contributed by atoms with Crippen LogP contribution in [0.4, 0.5) is 5.69 Å². The lowest BCUT2D eigenvalue weighted by atomic mass is 9.98. The summed E-state index contributed by atoms with van der Waals surface area (Å²) in [6, 6.07) is 7.82. The van der Waals surface area contributed by atoms with E-state index in [-0.39, 0.29) is 29.6 Å². The van der Waals surface area contributed by atoms with Crippen LogP contribution in [-0.2, 0) is 0 Å². The monoisotopic (exact) mass is 329 g/mol. The van der Waals surface area contributed by atoms with Crippen LogP contribution in [0.1, 0.15) is 27.0 Å². The highest BCUT2D eigenvalue weighted by molar-refractivity contribution is 5.98. The molecule has 2 aromatic carbocycles. The first-order chi connectivity index (χ1) is 11.3. The van der Waals surface area contributed by atoms with Gasteiger partial charge in [-0.1, -0.05) is 6.07 Å². The van der Waals surface area contributed by atoms with Gasteiger partial charge in [0.25, 0.3) is 5.69 Å². The Labute approximate surface area is 140 Å². The van der Waals surface area contributed by atoms with Gasteiger partial charge < -0.3 is 9.47 Å². The van der Waals surface area contributed by atoms with Crippen molar-refractivity contribution in [2.45, 2.75) is 20.8 Å². The summed E-state index contributed by atoms with van der Waals surface area (Å²) in [5.74, 6) is 0.350. The van der Waals surface area contributed by atoms with Crippen molar-refractivity contribution in [2.24, 2.45) is 0 Å². The predicted molar refractivity (Wildman–Crippen MR) is 90.1 cm³/mol. The van der Waals surface area contributed by atoms with Gasteiger partial charge >= 0.3 is 0 Å². The summed E-state index contributed by atoms with van der Waals surface area (Å²) >= 11 is 0. The van der Waals surface area contributed by atoms with Crippen molar-refractivity contribution < 1.29 is 19.2 Å². The maximum atomic E-state index is 12.4. The molecule has 0 saturated heterocycles. The van der Waals surface area contributed by atoms with Gasteiger partial charge in [-0.25, -0.2) is 0 Å². The van der Waals surface area contributed by atoms with E-state index in [0.29, 0.717) is 5.56 Å². The molecule has 0 aliphatic rings. The third-order valence-corrected chi connectivity index (χ3v) is 3.86. The lowest BCUT2D eigenvalue weighted by Gasteiger charge is -2.12. The van der Waals surface area contributed by atoms with Crippen LogP contribution in [0.3, 0.4) is 0 Å². The second-order valence-corrected chi connectivity index (χ2v) is 5.56. The minimum Gasteiger partial charge on any atom is -0.493 e. The number of methoxy groups -OCH3 is 1. The number of nitro groups is 1. The number of non-ortho nitro benzene ring substituents is 1. The SMILES string of the molecule is COc1cc([N+](=O)[O-])ccc1OCC(=O)c1cc(C)c(C)cc1C. The average molecular weight is 329 g/mol. The molecule has 0 bridgehead atoms. The van der Waals surface area contributed by atoms with E-state index in [1.165, 1.54) is 25.3 Å². The molecule has 0 amide bonds. The normalized spacial score (nSPS) is 10.3. The number of benzene rings is 2. The van der Waals surface area contributed by atoms with E-state index in [2.05, 4.69) is 0 Å². The molecule has 0 saturated carbocycles. The zero-order valence-corrected chi connectivity index (χ0v) is 14.1. The molecule has 0 radical (unpaired) electrons. The molecule has 0 fully saturated rings. The smallest absolute Gasteiger partial charge is 0.273 e. The van der Waals surface area contributed by atoms with Crippen molar-refractivity contribution in [1.29, 1.82) is 0 Å². The molecule has 0 N–H and O–H groups in total. The molecule has 0 atom stereocenters. The fraction of sp³-hybridized carbons (Fsp3) is 0.278. The van der Waals surface area contributed by atoms with Crippen LogP contribution in [0.2, 0.25) is 0 Å². The van der Waals surface area contributed by atoms with Crippen LogP contribution in [0.25, 0.3) is 0 Å². The topological polar surface area (TPSA) is 78.7 Å². The Morgan fingerprint density at radius 2 is 1.71 bits per heavy atom. The number of carbonyl (C=O) groups is 1. The van der Waals surface area contributed by atoms with Crippen molar-refractivity contribution >= 4 is 11.5 Å². The summed E-state index contributed by atoms with van der Waals surface area (Å²) in [6.45, 7) is 5.66. The summed E-state index contributed by atoms with van der Waals surface area (Å²) in [7, 11) is 1.39. The first-order valence-corrected chi connectivity index (χ1v) is 7.39. The molecule has 24 heavy (non-hydrogen) atoms. The summed E-state index contributed by atoms with van der Waals surface area (Å²) < 4.78 is 10.6. The number of nitro benzene ring substituents is 1. The minimum absolute atomic E-state index is 0.101. The molecule has 6 nitrogen and oxygen atoms in total. The van der Waals surface area contributed by atoms with Crippen molar-refractivity contribution in [2.75, 3.05) is 13.7 Å². The fourth-order valence-electron chi connectivity index (χ4n) is 2.37. The second kappa shape index (κ2) is 7.12. The Morgan fingerprint density at radius 3 is 2.33 bits per heavy atom.